The lowest BCUT2D eigenvalue weighted by atomic mass is 10.0. The second-order valence-corrected chi connectivity index (χ2v) is 7.97. The predicted molar refractivity (Wildman–Crippen MR) is 136 cm³/mol. The van der Waals surface area contributed by atoms with E-state index >= 15 is 0 Å². The van der Waals surface area contributed by atoms with Crippen molar-refractivity contribution in [2.45, 2.75) is 6.92 Å². The molecule has 1 aromatic heterocycles. The van der Waals surface area contributed by atoms with E-state index in [0.29, 0.717) is 0 Å². The Labute approximate surface area is 192 Å². The quantitative estimate of drug-likeness (QED) is 0.290. The molecule has 3 aromatic rings. The molecule has 2 heterocycles. The predicted octanol–water partition coefficient (Wildman–Crippen LogP) is 6.90. The van der Waals surface area contributed by atoms with Gasteiger partial charge in [0, 0.05) is 24.3 Å². The van der Waals surface area contributed by atoms with E-state index in [1.165, 1.54) is 5.56 Å². The number of pyridine rings is 1. The van der Waals surface area contributed by atoms with E-state index in [-0.39, 0.29) is 5.81 Å². The normalized spacial score (nSPS) is 14.0. The van der Waals surface area contributed by atoms with Gasteiger partial charge in [0.15, 0.2) is 0 Å². The first-order chi connectivity index (χ1) is 15.2. The average Bonchev–Trinajstić information content (AvgIpc) is 3.21. The summed E-state index contributed by atoms with van der Waals surface area (Å²) in [6, 6.07) is 24.8. The first-order valence-electron chi connectivity index (χ1n) is 10.2. The van der Waals surface area contributed by atoms with E-state index in [2.05, 4.69) is 79.4 Å². The van der Waals surface area contributed by atoms with Crippen molar-refractivity contribution in [3.8, 4) is 11.1 Å². The number of anilines is 1. The smallest absolute Gasteiger partial charge is 0.361 e. The summed E-state index contributed by atoms with van der Waals surface area (Å²) < 4.78 is 0. The van der Waals surface area contributed by atoms with Crippen molar-refractivity contribution >= 4 is 33.0 Å². The maximum atomic E-state index is 4.59. The molecule has 152 valence electrons. The Kier molecular flexibility index (Phi) is 6.53. The van der Waals surface area contributed by atoms with Crippen LogP contribution in [-0.2, 0) is 0 Å². The van der Waals surface area contributed by atoms with Crippen LogP contribution in [0.15, 0.2) is 122 Å². The SMILES string of the molecule is C=C(/C=C(\C=C/C)c1ccccc1)N1C=CN(c2cc(-c3ccccc3)ccn2)B1Br. The number of nitrogens with zero attached hydrogens (tertiary/aromatic N) is 3. The Morgan fingerprint density at radius 1 is 0.968 bits per heavy atom. The van der Waals surface area contributed by atoms with Gasteiger partial charge >= 0.3 is 5.81 Å². The van der Waals surface area contributed by atoms with Crippen LogP contribution in [0.1, 0.15) is 12.5 Å². The van der Waals surface area contributed by atoms with Crippen LogP contribution in [0, 0.1) is 0 Å². The van der Waals surface area contributed by atoms with E-state index in [1.807, 2.05) is 74.1 Å². The third-order valence-electron chi connectivity index (χ3n) is 5.07. The maximum Gasteiger partial charge on any atom is 0.465 e. The van der Waals surface area contributed by atoms with Gasteiger partial charge in [0.25, 0.3) is 0 Å². The van der Waals surface area contributed by atoms with Crippen LogP contribution in [0.3, 0.4) is 0 Å². The summed E-state index contributed by atoms with van der Waals surface area (Å²) in [5, 5.41) is 0. The fraction of sp³-hybridized carbons (Fsp3) is 0.0385. The van der Waals surface area contributed by atoms with Gasteiger partial charge in [-0.2, -0.15) is 0 Å². The lowest BCUT2D eigenvalue weighted by Crippen LogP contribution is -2.38. The van der Waals surface area contributed by atoms with Crippen LogP contribution in [0.5, 0.6) is 0 Å². The van der Waals surface area contributed by atoms with Gasteiger partial charge in [-0.05, 0) is 47.4 Å². The Morgan fingerprint density at radius 2 is 1.68 bits per heavy atom. The number of benzene rings is 2. The third kappa shape index (κ3) is 4.73. The first kappa shape index (κ1) is 20.9. The van der Waals surface area contributed by atoms with Gasteiger partial charge in [-0.1, -0.05) is 95.2 Å². The molecular formula is C26H23BBrN3. The monoisotopic (exact) mass is 467 g/mol. The zero-order chi connectivity index (χ0) is 21.6. The molecule has 0 bridgehead atoms. The van der Waals surface area contributed by atoms with Crippen molar-refractivity contribution in [3.05, 3.63) is 127 Å². The second-order valence-electron chi connectivity index (χ2n) is 7.15. The minimum Gasteiger partial charge on any atom is -0.361 e. The third-order valence-corrected chi connectivity index (χ3v) is 5.95. The summed E-state index contributed by atoms with van der Waals surface area (Å²) in [7, 11) is 0. The van der Waals surface area contributed by atoms with Crippen LogP contribution in [0.2, 0.25) is 0 Å². The number of allylic oxidation sites excluding steroid dienone is 4. The second kappa shape index (κ2) is 9.67. The molecule has 4 rings (SSSR count). The molecule has 1 aliphatic heterocycles. The molecule has 0 amide bonds. The summed E-state index contributed by atoms with van der Waals surface area (Å²) >= 11 is 3.82. The lowest BCUT2D eigenvalue weighted by molar-refractivity contribution is 0.772. The molecule has 0 radical (unpaired) electrons. The standard InChI is InChI=1S/C26H23BBrN3/c1-3-10-24(22-11-6-4-7-12-22)19-21(2)30-17-18-31(27(30)28)26-20-25(15-16-29-26)23-13-8-5-9-14-23/h3-20H,2H2,1H3/b10-3-,24-19+. The molecule has 0 atom stereocenters. The Balaban J connectivity index is 1.56. The molecule has 5 heteroatoms. The fourth-order valence-electron chi connectivity index (χ4n) is 3.50. The van der Waals surface area contributed by atoms with E-state index in [0.717, 1.165) is 28.2 Å². The lowest BCUT2D eigenvalue weighted by Gasteiger charge is -2.25. The van der Waals surface area contributed by atoms with Gasteiger partial charge < -0.3 is 9.62 Å². The highest BCUT2D eigenvalue weighted by Gasteiger charge is 2.32. The molecule has 0 spiro atoms. The van der Waals surface area contributed by atoms with Crippen LogP contribution < -0.4 is 4.81 Å². The summed E-state index contributed by atoms with van der Waals surface area (Å²) in [4.78, 5) is 8.76. The number of aromatic nitrogens is 1. The van der Waals surface area contributed by atoms with Gasteiger partial charge in [-0.25, -0.2) is 4.98 Å². The van der Waals surface area contributed by atoms with Crippen molar-refractivity contribution in [2.75, 3.05) is 4.81 Å². The molecule has 3 nitrogen and oxygen atoms in total. The van der Waals surface area contributed by atoms with E-state index in [9.17, 15) is 0 Å². The Morgan fingerprint density at radius 3 is 2.39 bits per heavy atom. The van der Waals surface area contributed by atoms with Crippen LogP contribution in [-0.4, -0.2) is 15.6 Å². The largest absolute Gasteiger partial charge is 0.465 e. The van der Waals surface area contributed by atoms with Crippen molar-refractivity contribution in [1.29, 1.82) is 0 Å². The molecule has 31 heavy (non-hydrogen) atoms. The minimum atomic E-state index is -0.114. The van der Waals surface area contributed by atoms with Crippen LogP contribution in [0.4, 0.5) is 5.82 Å². The van der Waals surface area contributed by atoms with Gasteiger partial charge in [-0.15, -0.1) is 0 Å². The van der Waals surface area contributed by atoms with Crippen LogP contribution >= 0.6 is 15.8 Å². The number of hydrogen-bond acceptors (Lipinski definition) is 3. The van der Waals surface area contributed by atoms with Gasteiger partial charge in [0.05, 0.1) is 0 Å². The Hall–Kier alpha value is -3.31. The number of hydrogen-bond donors (Lipinski definition) is 0. The summed E-state index contributed by atoms with van der Waals surface area (Å²) in [6.45, 7) is 6.34. The summed E-state index contributed by atoms with van der Waals surface area (Å²) in [5.74, 6) is 0.757. The highest BCUT2D eigenvalue weighted by molar-refractivity contribution is 9.24. The molecule has 0 unspecified atom stereocenters. The number of rotatable bonds is 6. The number of halogens is 1. The van der Waals surface area contributed by atoms with Crippen molar-refractivity contribution < 1.29 is 0 Å². The molecule has 0 saturated heterocycles. The minimum absolute atomic E-state index is 0.114. The highest BCUT2D eigenvalue weighted by atomic mass is 79.9. The van der Waals surface area contributed by atoms with E-state index < -0.39 is 0 Å². The molecular weight excluding hydrogens is 445 g/mol. The zero-order valence-corrected chi connectivity index (χ0v) is 19.0. The molecule has 0 fully saturated rings. The Bertz CT molecular complexity index is 1140. The van der Waals surface area contributed by atoms with Gasteiger partial charge in [0.1, 0.15) is 5.82 Å². The van der Waals surface area contributed by atoms with Crippen molar-refractivity contribution in [1.82, 2.24) is 9.79 Å². The highest BCUT2D eigenvalue weighted by Crippen LogP contribution is 2.30. The topological polar surface area (TPSA) is 19.4 Å². The maximum absolute atomic E-state index is 4.59. The summed E-state index contributed by atoms with van der Waals surface area (Å²) in [6.07, 6.45) is 12.1. The van der Waals surface area contributed by atoms with Gasteiger partial charge in [0.2, 0.25) is 0 Å². The molecule has 0 saturated carbocycles. The first-order valence-corrected chi connectivity index (χ1v) is 11.1. The van der Waals surface area contributed by atoms with E-state index in [4.69, 9.17) is 0 Å². The molecule has 0 aliphatic carbocycles. The fourth-order valence-corrected chi connectivity index (χ4v) is 4.25. The van der Waals surface area contributed by atoms with E-state index in [1.54, 1.807) is 0 Å². The molecule has 1 aliphatic rings. The zero-order valence-electron chi connectivity index (χ0n) is 17.4. The van der Waals surface area contributed by atoms with Crippen LogP contribution in [0.25, 0.3) is 16.7 Å². The summed E-state index contributed by atoms with van der Waals surface area (Å²) in [5.41, 5.74) is 5.46. The van der Waals surface area contributed by atoms with Crippen molar-refractivity contribution in [3.63, 3.8) is 0 Å². The molecule has 2 aromatic carbocycles. The van der Waals surface area contributed by atoms with Gasteiger partial charge in [-0.3, -0.25) is 0 Å². The average molecular weight is 468 g/mol. The van der Waals surface area contributed by atoms with Crippen molar-refractivity contribution in [2.24, 2.45) is 0 Å². The molecule has 0 N–H and O–H groups in total.